The molecule has 0 unspecified atom stereocenters. The van der Waals surface area contributed by atoms with E-state index < -0.39 is 35.1 Å². The highest BCUT2D eigenvalue weighted by atomic mass is 19.4. The summed E-state index contributed by atoms with van der Waals surface area (Å²) in [5.41, 5.74) is -2.39. The summed E-state index contributed by atoms with van der Waals surface area (Å²) in [5.74, 6) is -2.72. The molecule has 1 aliphatic heterocycles. The molecule has 1 aliphatic rings. The van der Waals surface area contributed by atoms with Crippen molar-refractivity contribution >= 4 is 23.7 Å². The van der Waals surface area contributed by atoms with Crippen LogP contribution >= 0.6 is 0 Å². The zero-order valence-electron chi connectivity index (χ0n) is 17.9. The molecule has 176 valence electrons. The summed E-state index contributed by atoms with van der Waals surface area (Å²) >= 11 is 0. The smallest absolute Gasteiger partial charge is 0.352 e. The highest BCUT2D eigenvalue weighted by Crippen LogP contribution is 2.34. The number of rotatable bonds is 5. The van der Waals surface area contributed by atoms with Crippen molar-refractivity contribution in [3.63, 3.8) is 0 Å². The molecule has 1 fully saturated rings. The molecule has 0 radical (unpaired) electrons. The van der Waals surface area contributed by atoms with Gasteiger partial charge in [-0.05, 0) is 36.6 Å². The molecule has 3 rings (SSSR count). The van der Waals surface area contributed by atoms with Gasteiger partial charge in [0, 0.05) is 25.8 Å². The van der Waals surface area contributed by atoms with Crippen LogP contribution in [0.3, 0.4) is 0 Å². The Balaban J connectivity index is 1.83. The van der Waals surface area contributed by atoms with Gasteiger partial charge in [0.1, 0.15) is 11.6 Å². The van der Waals surface area contributed by atoms with E-state index in [0.717, 1.165) is 17.0 Å². The highest BCUT2D eigenvalue weighted by molar-refractivity contribution is 6.10. The van der Waals surface area contributed by atoms with Crippen LogP contribution in [0.15, 0.2) is 36.5 Å². The van der Waals surface area contributed by atoms with E-state index in [-0.39, 0.29) is 42.7 Å². The van der Waals surface area contributed by atoms with E-state index in [1.165, 1.54) is 18.3 Å². The Labute approximate surface area is 187 Å². The summed E-state index contributed by atoms with van der Waals surface area (Å²) in [6.07, 6.45) is -3.47. The number of carbonyl (C=O) groups is 3. The minimum absolute atomic E-state index is 0.113. The molecule has 1 N–H and O–H groups in total. The largest absolute Gasteiger partial charge is 0.417 e. The lowest BCUT2D eigenvalue weighted by atomic mass is 10.0. The molecule has 0 aliphatic carbocycles. The number of carbonyl (C=O) groups excluding carboxylic acids is 3. The van der Waals surface area contributed by atoms with E-state index in [0.29, 0.717) is 17.5 Å². The van der Waals surface area contributed by atoms with Gasteiger partial charge >= 0.3 is 12.2 Å². The molecule has 33 heavy (non-hydrogen) atoms. The quantitative estimate of drug-likeness (QED) is 0.673. The van der Waals surface area contributed by atoms with Crippen LogP contribution in [0, 0.1) is 11.7 Å². The summed E-state index contributed by atoms with van der Waals surface area (Å²) in [7, 11) is 0. The average Bonchev–Trinajstić information content (AvgIpc) is 2.76. The number of aromatic nitrogens is 1. The van der Waals surface area contributed by atoms with Gasteiger partial charge in [0.05, 0.1) is 16.7 Å². The number of imide groups is 1. The van der Waals surface area contributed by atoms with Crippen molar-refractivity contribution in [2.45, 2.75) is 26.4 Å². The van der Waals surface area contributed by atoms with Gasteiger partial charge < -0.3 is 5.32 Å². The van der Waals surface area contributed by atoms with Gasteiger partial charge in [-0.15, -0.1) is 0 Å². The fraction of sp³-hybridized carbons (Fsp3) is 0.364. The van der Waals surface area contributed by atoms with Crippen LogP contribution in [0.4, 0.5) is 28.2 Å². The second-order valence-electron chi connectivity index (χ2n) is 7.91. The molecular formula is C22H22F4N4O3. The van der Waals surface area contributed by atoms with Crippen molar-refractivity contribution in [2.24, 2.45) is 5.92 Å². The molecule has 11 heteroatoms. The average molecular weight is 466 g/mol. The van der Waals surface area contributed by atoms with E-state index in [4.69, 9.17) is 0 Å². The maximum atomic E-state index is 14.2. The number of hydrogen-bond donors (Lipinski definition) is 1. The third-order valence-electron chi connectivity index (χ3n) is 4.96. The lowest BCUT2D eigenvalue weighted by Crippen LogP contribution is -2.52. The first kappa shape index (κ1) is 24.1. The number of urea groups is 1. The van der Waals surface area contributed by atoms with Crippen molar-refractivity contribution < 1.29 is 31.9 Å². The summed E-state index contributed by atoms with van der Waals surface area (Å²) in [4.78, 5) is 43.6. The number of halogens is 4. The van der Waals surface area contributed by atoms with E-state index in [9.17, 15) is 31.9 Å². The minimum atomic E-state index is -4.97. The normalized spacial score (nSPS) is 14.6. The standard InChI is InChI=1S/C22H22F4N4O3/c1-13(2)11-28-19(31)14-7-8-17(27-12-14)29-9-4-10-30(21(29)33)20(32)18-15(22(24,25)26)5-3-6-16(18)23/h3,5-8,12-13H,4,9-11H2,1-2H3,(H,28,31). The maximum Gasteiger partial charge on any atom is 0.417 e. The zero-order valence-corrected chi connectivity index (χ0v) is 17.9. The summed E-state index contributed by atoms with van der Waals surface area (Å²) in [6, 6.07) is 4.10. The first-order chi connectivity index (χ1) is 15.5. The van der Waals surface area contributed by atoms with Crippen LogP contribution < -0.4 is 10.2 Å². The first-order valence-corrected chi connectivity index (χ1v) is 10.2. The van der Waals surface area contributed by atoms with Crippen LogP contribution in [-0.2, 0) is 6.18 Å². The summed E-state index contributed by atoms with van der Waals surface area (Å²) < 4.78 is 54.2. The monoisotopic (exact) mass is 466 g/mol. The molecule has 0 spiro atoms. The van der Waals surface area contributed by atoms with E-state index in [1.807, 2.05) is 13.8 Å². The number of nitrogens with zero attached hydrogens (tertiary/aromatic N) is 3. The number of nitrogens with one attached hydrogen (secondary N) is 1. The topological polar surface area (TPSA) is 82.6 Å². The van der Waals surface area contributed by atoms with E-state index in [1.54, 1.807) is 0 Å². The lowest BCUT2D eigenvalue weighted by molar-refractivity contribution is -0.138. The first-order valence-electron chi connectivity index (χ1n) is 10.2. The molecular weight excluding hydrogens is 444 g/mol. The third-order valence-corrected chi connectivity index (χ3v) is 4.96. The predicted octanol–water partition coefficient (Wildman–Crippen LogP) is 4.10. The summed E-state index contributed by atoms with van der Waals surface area (Å²) in [5, 5.41) is 2.73. The van der Waals surface area contributed by atoms with Gasteiger partial charge in [-0.3, -0.25) is 19.4 Å². The van der Waals surface area contributed by atoms with Crippen molar-refractivity contribution in [3.8, 4) is 0 Å². The van der Waals surface area contributed by atoms with Crippen LogP contribution in [0.2, 0.25) is 0 Å². The zero-order chi connectivity index (χ0) is 24.3. The van der Waals surface area contributed by atoms with Gasteiger partial charge in [-0.1, -0.05) is 19.9 Å². The SMILES string of the molecule is CC(C)CNC(=O)c1ccc(N2CCCN(C(=O)c3c(F)cccc3C(F)(F)F)C2=O)nc1. The van der Waals surface area contributed by atoms with Crippen LogP contribution in [-0.4, -0.2) is 47.4 Å². The number of amides is 4. The minimum Gasteiger partial charge on any atom is -0.352 e. The summed E-state index contributed by atoms with van der Waals surface area (Å²) in [6.45, 7) is 4.33. The number of pyridine rings is 1. The Kier molecular flexibility index (Phi) is 6.99. The molecule has 2 aromatic rings. The molecule has 1 aromatic carbocycles. The van der Waals surface area contributed by atoms with Crippen LogP contribution in [0.1, 0.15) is 46.5 Å². The molecule has 0 saturated carbocycles. The molecule has 1 aromatic heterocycles. The highest BCUT2D eigenvalue weighted by Gasteiger charge is 2.40. The second-order valence-corrected chi connectivity index (χ2v) is 7.91. The fourth-order valence-corrected chi connectivity index (χ4v) is 3.32. The van der Waals surface area contributed by atoms with Gasteiger partial charge in [-0.25, -0.2) is 14.2 Å². The lowest BCUT2D eigenvalue weighted by Gasteiger charge is -2.34. The Hall–Kier alpha value is -3.50. The van der Waals surface area contributed by atoms with E-state index >= 15 is 0 Å². The van der Waals surface area contributed by atoms with Gasteiger partial charge in [0.2, 0.25) is 0 Å². The molecule has 1 saturated heterocycles. The van der Waals surface area contributed by atoms with Crippen molar-refractivity contribution in [3.05, 3.63) is 59.0 Å². The van der Waals surface area contributed by atoms with Gasteiger partial charge in [0.15, 0.2) is 0 Å². The van der Waals surface area contributed by atoms with Crippen molar-refractivity contribution in [1.82, 2.24) is 15.2 Å². The van der Waals surface area contributed by atoms with Crippen molar-refractivity contribution in [1.29, 1.82) is 0 Å². The Morgan fingerprint density at radius 3 is 2.48 bits per heavy atom. The van der Waals surface area contributed by atoms with Crippen LogP contribution in [0.5, 0.6) is 0 Å². The maximum absolute atomic E-state index is 14.2. The number of alkyl halides is 3. The predicted molar refractivity (Wildman–Crippen MR) is 111 cm³/mol. The van der Waals surface area contributed by atoms with Gasteiger partial charge in [0.25, 0.3) is 11.8 Å². The number of anilines is 1. The van der Waals surface area contributed by atoms with Crippen molar-refractivity contribution in [2.75, 3.05) is 24.5 Å². The Morgan fingerprint density at radius 2 is 1.88 bits per heavy atom. The molecule has 0 atom stereocenters. The second kappa shape index (κ2) is 9.55. The molecule has 7 nitrogen and oxygen atoms in total. The number of hydrogen-bond acceptors (Lipinski definition) is 4. The van der Waals surface area contributed by atoms with E-state index in [2.05, 4.69) is 10.3 Å². The number of benzene rings is 1. The Bertz CT molecular complexity index is 1050. The van der Waals surface area contributed by atoms with Gasteiger partial charge in [-0.2, -0.15) is 13.2 Å². The molecule has 0 bridgehead atoms. The third kappa shape index (κ3) is 5.29. The van der Waals surface area contributed by atoms with Crippen LogP contribution in [0.25, 0.3) is 0 Å². The molecule has 4 amide bonds. The Morgan fingerprint density at radius 1 is 1.15 bits per heavy atom. The molecule has 2 heterocycles. The fourth-order valence-electron chi connectivity index (χ4n) is 3.32.